The smallest absolute Gasteiger partial charge is 0.311 e. The van der Waals surface area contributed by atoms with Gasteiger partial charge in [0.15, 0.2) is 0 Å². The van der Waals surface area contributed by atoms with Crippen LogP contribution in [0.5, 0.6) is 11.5 Å². The van der Waals surface area contributed by atoms with E-state index in [1.54, 1.807) is 0 Å². The second-order valence-electron chi connectivity index (χ2n) is 5.91. The molecule has 142 valence electrons. The molecule has 2 aromatic rings. The van der Waals surface area contributed by atoms with Gasteiger partial charge in [-0.2, -0.15) is 5.10 Å². The van der Waals surface area contributed by atoms with E-state index in [0.29, 0.717) is 11.3 Å². The Bertz CT molecular complexity index is 893. The summed E-state index contributed by atoms with van der Waals surface area (Å²) in [6.45, 7) is 3.99. The van der Waals surface area contributed by atoms with Crippen LogP contribution in [-0.2, 0) is 11.2 Å². The van der Waals surface area contributed by atoms with Crippen molar-refractivity contribution < 1.29 is 19.2 Å². The molecular weight excluding hydrogens is 350 g/mol. The summed E-state index contributed by atoms with van der Waals surface area (Å²) in [5.74, 6) is 0.119. The summed E-state index contributed by atoms with van der Waals surface area (Å²) >= 11 is 0. The highest BCUT2D eigenvalue weighted by atomic mass is 16.6. The van der Waals surface area contributed by atoms with Gasteiger partial charge in [-0.1, -0.05) is 18.2 Å². The number of nitro benzene ring substituents is 1. The maximum absolute atomic E-state index is 12.0. The Balaban J connectivity index is 2.12. The van der Waals surface area contributed by atoms with Crippen LogP contribution in [0.2, 0.25) is 0 Å². The van der Waals surface area contributed by atoms with Crippen molar-refractivity contribution in [1.82, 2.24) is 5.43 Å². The highest BCUT2D eigenvalue weighted by Crippen LogP contribution is 2.33. The average molecular weight is 371 g/mol. The highest BCUT2D eigenvalue weighted by molar-refractivity contribution is 5.87. The van der Waals surface area contributed by atoms with Gasteiger partial charge in [-0.3, -0.25) is 14.9 Å². The quantitative estimate of drug-likeness (QED) is 0.458. The molecule has 0 radical (unpaired) electrons. The van der Waals surface area contributed by atoms with Crippen LogP contribution in [0, 0.1) is 24.0 Å². The summed E-state index contributed by atoms with van der Waals surface area (Å²) in [6.07, 6.45) is 1.47. The molecule has 0 aromatic heterocycles. The lowest BCUT2D eigenvalue weighted by Gasteiger charge is -2.08. The molecule has 0 fully saturated rings. The molecule has 0 saturated carbocycles. The number of aryl methyl sites for hydroxylation is 2. The van der Waals surface area contributed by atoms with Gasteiger partial charge in [0.2, 0.25) is 11.7 Å². The molecule has 0 bridgehead atoms. The minimum atomic E-state index is -0.562. The van der Waals surface area contributed by atoms with E-state index in [-0.39, 0.29) is 23.8 Å². The molecule has 0 unspecified atom stereocenters. The fourth-order valence-corrected chi connectivity index (χ4v) is 2.46. The van der Waals surface area contributed by atoms with Crippen molar-refractivity contribution in [3.63, 3.8) is 0 Å². The van der Waals surface area contributed by atoms with Crippen molar-refractivity contribution in [3.05, 3.63) is 62.7 Å². The van der Waals surface area contributed by atoms with Crippen molar-refractivity contribution >= 4 is 17.8 Å². The molecule has 8 nitrogen and oxygen atoms in total. The Kier molecular flexibility index (Phi) is 6.48. The van der Waals surface area contributed by atoms with E-state index in [9.17, 15) is 14.9 Å². The minimum absolute atomic E-state index is 0.0766. The van der Waals surface area contributed by atoms with Crippen molar-refractivity contribution in [3.8, 4) is 11.5 Å². The molecular formula is C19H21N3O5. The highest BCUT2D eigenvalue weighted by Gasteiger charge is 2.18. The summed E-state index contributed by atoms with van der Waals surface area (Å²) in [6, 6.07) is 8.48. The predicted octanol–water partition coefficient (Wildman–Crippen LogP) is 2.92. The van der Waals surface area contributed by atoms with Gasteiger partial charge in [0, 0.05) is 17.7 Å². The molecule has 0 atom stereocenters. The van der Waals surface area contributed by atoms with Crippen molar-refractivity contribution in [2.24, 2.45) is 5.10 Å². The number of nitrogens with zero attached hydrogens (tertiary/aromatic N) is 2. The molecule has 1 amide bonds. The van der Waals surface area contributed by atoms with E-state index >= 15 is 0 Å². The summed E-state index contributed by atoms with van der Waals surface area (Å²) in [4.78, 5) is 22.6. The van der Waals surface area contributed by atoms with Crippen LogP contribution < -0.4 is 14.9 Å². The number of nitrogens with one attached hydrogen (secondary N) is 1. The third-order valence-corrected chi connectivity index (χ3v) is 4.06. The predicted molar refractivity (Wildman–Crippen MR) is 102 cm³/mol. The monoisotopic (exact) mass is 371 g/mol. The number of carbonyl (C=O) groups excluding carboxylic acids is 1. The van der Waals surface area contributed by atoms with Crippen LogP contribution in [0.1, 0.15) is 22.3 Å². The van der Waals surface area contributed by atoms with E-state index in [1.807, 2.05) is 32.0 Å². The van der Waals surface area contributed by atoms with Crippen LogP contribution in [0.4, 0.5) is 5.69 Å². The zero-order valence-corrected chi connectivity index (χ0v) is 15.6. The maximum Gasteiger partial charge on any atom is 0.311 e. The molecule has 0 aliphatic heterocycles. The lowest BCUT2D eigenvalue weighted by atomic mass is 10.0. The van der Waals surface area contributed by atoms with Gasteiger partial charge >= 0.3 is 5.69 Å². The largest absolute Gasteiger partial charge is 0.496 e. The Morgan fingerprint density at radius 3 is 2.44 bits per heavy atom. The number of carbonyl (C=O) groups is 1. The summed E-state index contributed by atoms with van der Waals surface area (Å²) < 4.78 is 10.2. The van der Waals surface area contributed by atoms with Gasteiger partial charge in [0.05, 0.1) is 31.8 Å². The van der Waals surface area contributed by atoms with Crippen LogP contribution >= 0.6 is 0 Å². The maximum atomic E-state index is 12.0. The molecule has 0 aliphatic carbocycles. The lowest BCUT2D eigenvalue weighted by molar-refractivity contribution is -0.385. The average Bonchev–Trinajstić information content (AvgIpc) is 2.64. The Labute approximate surface area is 157 Å². The number of benzene rings is 2. The van der Waals surface area contributed by atoms with Gasteiger partial charge in [-0.25, -0.2) is 5.43 Å². The van der Waals surface area contributed by atoms with E-state index in [4.69, 9.17) is 9.47 Å². The first kappa shape index (κ1) is 19.9. The third kappa shape index (κ3) is 5.04. The number of hydrogen-bond acceptors (Lipinski definition) is 6. The van der Waals surface area contributed by atoms with Gasteiger partial charge in [-0.15, -0.1) is 0 Å². The van der Waals surface area contributed by atoms with Gasteiger partial charge in [0.1, 0.15) is 5.75 Å². The molecule has 2 rings (SSSR count). The first-order valence-electron chi connectivity index (χ1n) is 8.14. The molecule has 0 spiro atoms. The second kappa shape index (κ2) is 8.79. The number of hydrazone groups is 1. The molecule has 0 saturated heterocycles. The van der Waals surface area contributed by atoms with Gasteiger partial charge < -0.3 is 9.47 Å². The summed E-state index contributed by atoms with van der Waals surface area (Å²) in [5.41, 5.74) is 5.69. The molecule has 1 N–H and O–H groups in total. The van der Waals surface area contributed by atoms with Crippen LogP contribution in [0.3, 0.4) is 0 Å². The minimum Gasteiger partial charge on any atom is -0.496 e. The van der Waals surface area contributed by atoms with Crippen LogP contribution in [0.25, 0.3) is 0 Å². The standard InChI is InChI=1S/C19H21N3O5/c1-12-5-6-14(7-13(12)2)8-19(23)21-20-11-15-9-16(22(24)25)18(27-4)10-17(15)26-3/h5-7,9-11H,8H2,1-4H3,(H,21,23). The zero-order valence-electron chi connectivity index (χ0n) is 15.6. The number of amides is 1. The zero-order chi connectivity index (χ0) is 20.0. The number of hydrogen-bond donors (Lipinski definition) is 1. The van der Waals surface area contributed by atoms with E-state index in [0.717, 1.165) is 16.7 Å². The topological polar surface area (TPSA) is 103 Å². The van der Waals surface area contributed by atoms with Crippen molar-refractivity contribution in [1.29, 1.82) is 0 Å². The van der Waals surface area contributed by atoms with E-state index in [1.165, 1.54) is 32.6 Å². The molecule has 2 aromatic carbocycles. The van der Waals surface area contributed by atoms with Crippen LogP contribution in [0.15, 0.2) is 35.4 Å². The van der Waals surface area contributed by atoms with Crippen LogP contribution in [-0.4, -0.2) is 31.3 Å². The number of nitro groups is 1. The number of methoxy groups -OCH3 is 2. The Morgan fingerprint density at radius 1 is 1.15 bits per heavy atom. The molecule has 8 heteroatoms. The molecule has 0 aliphatic rings. The Morgan fingerprint density at radius 2 is 1.85 bits per heavy atom. The SMILES string of the molecule is COc1cc(OC)c([N+](=O)[O-])cc1C=NNC(=O)Cc1ccc(C)c(C)c1. The number of ether oxygens (including phenoxy) is 2. The van der Waals surface area contributed by atoms with Crippen molar-refractivity contribution in [2.45, 2.75) is 20.3 Å². The third-order valence-electron chi connectivity index (χ3n) is 4.06. The first-order chi connectivity index (χ1) is 12.8. The summed E-state index contributed by atoms with van der Waals surface area (Å²) in [5, 5.41) is 15.0. The second-order valence-corrected chi connectivity index (χ2v) is 5.91. The Hall–Kier alpha value is -3.42. The van der Waals surface area contributed by atoms with Crippen molar-refractivity contribution in [2.75, 3.05) is 14.2 Å². The molecule has 0 heterocycles. The van der Waals surface area contributed by atoms with Gasteiger partial charge in [-0.05, 0) is 30.5 Å². The first-order valence-corrected chi connectivity index (χ1v) is 8.14. The fraction of sp³-hybridized carbons (Fsp3) is 0.263. The lowest BCUT2D eigenvalue weighted by Crippen LogP contribution is -2.19. The van der Waals surface area contributed by atoms with Gasteiger partial charge in [0.25, 0.3) is 0 Å². The summed E-state index contributed by atoms with van der Waals surface area (Å²) in [7, 11) is 2.76. The number of rotatable bonds is 7. The van der Waals surface area contributed by atoms with E-state index in [2.05, 4.69) is 10.5 Å². The molecule has 27 heavy (non-hydrogen) atoms. The fourth-order valence-electron chi connectivity index (χ4n) is 2.46. The van der Waals surface area contributed by atoms with E-state index < -0.39 is 4.92 Å². The normalized spacial score (nSPS) is 10.7.